The van der Waals surface area contributed by atoms with Gasteiger partial charge < -0.3 is 17.0 Å². The zero-order chi connectivity index (χ0) is 13.5. The van der Waals surface area contributed by atoms with Gasteiger partial charge in [0.25, 0.3) is 0 Å². The average molecular weight is 335 g/mol. The van der Waals surface area contributed by atoms with E-state index in [1.807, 2.05) is 44.2 Å². The fourth-order valence-corrected chi connectivity index (χ4v) is 1.90. The molecule has 19 heavy (non-hydrogen) atoms. The predicted molar refractivity (Wildman–Crippen MR) is 71.8 cm³/mol. The summed E-state index contributed by atoms with van der Waals surface area (Å²) < 4.78 is 0. The van der Waals surface area contributed by atoms with Crippen molar-refractivity contribution in [1.29, 1.82) is 0 Å². The SMILES string of the molecule is [CH2-]C(=O)C[C@H](C)CC(=O)N[C@@H](C)c1ccccc1.[Y]. The maximum Gasteiger partial charge on any atom is 0.220 e. The molecule has 1 aromatic rings. The largest absolute Gasteiger partial charge is 0.350 e. The molecule has 0 aliphatic rings. The summed E-state index contributed by atoms with van der Waals surface area (Å²) in [6, 6.07) is 9.78. The van der Waals surface area contributed by atoms with Gasteiger partial charge in [-0.25, -0.2) is 0 Å². The molecule has 1 aromatic carbocycles. The summed E-state index contributed by atoms with van der Waals surface area (Å²) in [4.78, 5) is 22.6. The normalized spacial score (nSPS) is 12.9. The van der Waals surface area contributed by atoms with E-state index in [1.165, 1.54) is 0 Å². The van der Waals surface area contributed by atoms with Crippen molar-refractivity contribution in [1.82, 2.24) is 5.32 Å². The molecule has 1 N–H and O–H groups in total. The molecule has 0 aromatic heterocycles. The Labute approximate surface area is 140 Å². The number of nitrogens with one attached hydrogen (secondary N) is 1. The quantitative estimate of drug-likeness (QED) is 0.813. The number of hydrogen-bond donors (Lipinski definition) is 1. The van der Waals surface area contributed by atoms with Crippen LogP contribution in [0.5, 0.6) is 0 Å². The number of carbonyl (C=O) groups excluding carboxylic acids is 2. The first-order valence-corrected chi connectivity index (χ1v) is 6.18. The van der Waals surface area contributed by atoms with E-state index in [0.717, 1.165) is 5.56 Å². The maximum absolute atomic E-state index is 11.8. The molecular formula is C15H20NO2Y-. The van der Waals surface area contributed by atoms with Crippen LogP contribution in [0.15, 0.2) is 30.3 Å². The molecule has 0 aliphatic carbocycles. The predicted octanol–water partition coefficient (Wildman–Crippen LogP) is 2.68. The minimum atomic E-state index is -0.119. The molecule has 0 heterocycles. The van der Waals surface area contributed by atoms with Crippen LogP contribution in [0.25, 0.3) is 0 Å². The van der Waals surface area contributed by atoms with Gasteiger partial charge in [-0.05, 0) is 30.6 Å². The summed E-state index contributed by atoms with van der Waals surface area (Å²) >= 11 is 0. The van der Waals surface area contributed by atoms with Gasteiger partial charge in [-0.15, -0.1) is 0 Å². The van der Waals surface area contributed by atoms with Crippen LogP contribution in [0.2, 0.25) is 0 Å². The molecule has 0 saturated heterocycles. The van der Waals surface area contributed by atoms with Gasteiger partial charge in [0.15, 0.2) is 0 Å². The molecule has 2 atom stereocenters. The van der Waals surface area contributed by atoms with E-state index in [9.17, 15) is 9.59 Å². The summed E-state index contributed by atoms with van der Waals surface area (Å²) in [6.45, 7) is 7.16. The van der Waals surface area contributed by atoms with E-state index in [-0.39, 0.29) is 56.4 Å². The van der Waals surface area contributed by atoms with Crippen molar-refractivity contribution in [2.24, 2.45) is 5.92 Å². The molecule has 0 spiro atoms. The van der Waals surface area contributed by atoms with Gasteiger partial charge in [-0.1, -0.05) is 37.3 Å². The van der Waals surface area contributed by atoms with Crippen molar-refractivity contribution in [2.45, 2.75) is 32.7 Å². The second kappa shape index (κ2) is 9.27. The molecule has 4 heteroatoms. The Morgan fingerprint density at radius 1 is 1.16 bits per heavy atom. The zero-order valence-corrected chi connectivity index (χ0v) is 14.4. The van der Waals surface area contributed by atoms with Crippen LogP contribution < -0.4 is 5.32 Å². The number of carbonyl (C=O) groups is 2. The molecule has 1 rings (SSSR count). The Balaban J connectivity index is 0.00000324. The first-order valence-electron chi connectivity index (χ1n) is 6.18. The number of rotatable bonds is 6. The fourth-order valence-electron chi connectivity index (χ4n) is 1.90. The van der Waals surface area contributed by atoms with E-state index < -0.39 is 0 Å². The zero-order valence-electron chi connectivity index (χ0n) is 11.6. The minimum absolute atomic E-state index is 0. The Hall–Kier alpha value is -0.666. The van der Waals surface area contributed by atoms with Gasteiger partial charge in [-0.3, -0.25) is 4.79 Å². The third kappa shape index (κ3) is 7.49. The number of hydrogen-bond acceptors (Lipinski definition) is 2. The summed E-state index contributed by atoms with van der Waals surface area (Å²) in [5.74, 6) is -0.107. The van der Waals surface area contributed by atoms with E-state index in [0.29, 0.717) is 12.8 Å². The molecule has 0 unspecified atom stereocenters. The van der Waals surface area contributed by atoms with Gasteiger partial charge in [-0.2, -0.15) is 0 Å². The Morgan fingerprint density at radius 3 is 2.26 bits per heavy atom. The van der Waals surface area contributed by atoms with Gasteiger partial charge in [0.1, 0.15) is 0 Å². The molecule has 1 amide bonds. The van der Waals surface area contributed by atoms with Crippen LogP contribution in [0.4, 0.5) is 0 Å². The van der Waals surface area contributed by atoms with E-state index in [1.54, 1.807) is 0 Å². The van der Waals surface area contributed by atoms with Crippen LogP contribution in [0, 0.1) is 12.8 Å². The van der Waals surface area contributed by atoms with Crippen molar-refractivity contribution in [3.05, 3.63) is 42.8 Å². The Kier molecular flexibility index (Phi) is 8.95. The van der Waals surface area contributed by atoms with Crippen LogP contribution in [0.1, 0.15) is 38.3 Å². The summed E-state index contributed by atoms with van der Waals surface area (Å²) in [6.07, 6.45) is 0.714. The fraction of sp³-hybridized carbons (Fsp3) is 0.400. The van der Waals surface area contributed by atoms with E-state index in [2.05, 4.69) is 12.2 Å². The molecule has 0 fully saturated rings. The molecular weight excluding hydrogens is 315 g/mol. The van der Waals surface area contributed by atoms with Crippen molar-refractivity contribution >= 4 is 11.7 Å². The van der Waals surface area contributed by atoms with Crippen LogP contribution in [0.3, 0.4) is 0 Å². The number of amides is 1. The first kappa shape index (κ1) is 18.3. The number of Topliss-reactive ketones (excluding diaryl/α,β-unsaturated/α-hetero) is 1. The minimum Gasteiger partial charge on any atom is -0.350 e. The van der Waals surface area contributed by atoms with Gasteiger partial charge in [0.2, 0.25) is 5.91 Å². The van der Waals surface area contributed by atoms with Crippen molar-refractivity contribution in [2.75, 3.05) is 0 Å². The van der Waals surface area contributed by atoms with Crippen molar-refractivity contribution in [3.8, 4) is 0 Å². The van der Waals surface area contributed by atoms with Crippen LogP contribution in [-0.2, 0) is 42.3 Å². The number of benzene rings is 1. The molecule has 0 saturated carbocycles. The standard InChI is InChI=1S/C15H20NO2.Y/c1-11(9-12(2)17)10-15(18)16-13(3)14-7-5-4-6-8-14;/h4-8,11,13H,2,9-10H2,1,3H3,(H,16,18);/q-1;/t11-,13-;/m0./s1. The average Bonchev–Trinajstić information content (AvgIpc) is 2.28. The molecule has 0 aliphatic heterocycles. The van der Waals surface area contributed by atoms with E-state index >= 15 is 0 Å². The van der Waals surface area contributed by atoms with Gasteiger partial charge >= 0.3 is 0 Å². The maximum atomic E-state index is 11.8. The third-order valence-corrected chi connectivity index (χ3v) is 2.79. The second-order valence-corrected chi connectivity index (χ2v) is 4.75. The first-order chi connectivity index (χ1) is 8.49. The molecule has 0 bridgehead atoms. The molecule has 101 valence electrons. The summed E-state index contributed by atoms with van der Waals surface area (Å²) in [7, 11) is 0. The Bertz CT molecular complexity index is 406. The third-order valence-electron chi connectivity index (χ3n) is 2.79. The molecule has 3 nitrogen and oxygen atoms in total. The van der Waals surface area contributed by atoms with Crippen molar-refractivity contribution in [3.63, 3.8) is 0 Å². The summed E-state index contributed by atoms with van der Waals surface area (Å²) in [5, 5.41) is 2.93. The van der Waals surface area contributed by atoms with Gasteiger partial charge in [0.05, 0.1) is 6.04 Å². The van der Waals surface area contributed by atoms with Crippen molar-refractivity contribution < 1.29 is 42.3 Å². The monoisotopic (exact) mass is 335 g/mol. The second-order valence-electron chi connectivity index (χ2n) is 4.75. The smallest absolute Gasteiger partial charge is 0.220 e. The van der Waals surface area contributed by atoms with Crippen LogP contribution in [-0.4, -0.2) is 11.7 Å². The summed E-state index contributed by atoms with van der Waals surface area (Å²) in [5.41, 5.74) is 1.08. The Morgan fingerprint density at radius 2 is 1.74 bits per heavy atom. The van der Waals surface area contributed by atoms with Gasteiger partial charge in [0, 0.05) is 39.1 Å². The number of ketones is 1. The van der Waals surface area contributed by atoms with Crippen LogP contribution >= 0.6 is 0 Å². The van der Waals surface area contributed by atoms with E-state index in [4.69, 9.17) is 0 Å². The topological polar surface area (TPSA) is 46.2 Å². The molecule has 1 radical (unpaired) electrons.